The molecular formula is C34H50B3BrO10. The zero-order chi connectivity index (χ0) is 35.3. The Labute approximate surface area is 295 Å². The van der Waals surface area contributed by atoms with Crippen molar-refractivity contribution in [3.63, 3.8) is 0 Å². The number of benzene rings is 2. The number of para-hydroxylation sites is 2. The van der Waals surface area contributed by atoms with Crippen LogP contribution < -0.4 is 24.4 Å². The molecule has 3 saturated heterocycles. The van der Waals surface area contributed by atoms with Gasteiger partial charge < -0.3 is 46.9 Å². The number of hydrogen-bond acceptors (Lipinski definition) is 10. The Hall–Kier alpha value is -1.93. The maximum Gasteiger partial charge on any atom is 0.498 e. The summed E-state index contributed by atoms with van der Waals surface area (Å²) in [5.74, 6) is 3.15. The molecule has 0 bridgehead atoms. The van der Waals surface area contributed by atoms with Crippen LogP contribution in [0.3, 0.4) is 0 Å². The smallest absolute Gasteiger partial charge is 0.487 e. The van der Waals surface area contributed by atoms with E-state index in [-0.39, 0.29) is 33.6 Å². The number of hydrogen-bond donors (Lipinski definition) is 0. The number of ether oxygens (including phenoxy) is 4. The van der Waals surface area contributed by atoms with Gasteiger partial charge in [0.2, 0.25) is 0 Å². The summed E-state index contributed by atoms with van der Waals surface area (Å²) < 4.78 is 59.0. The fourth-order valence-corrected chi connectivity index (χ4v) is 5.75. The summed E-state index contributed by atoms with van der Waals surface area (Å²) >= 11 is 3.38. The van der Waals surface area contributed by atoms with E-state index in [0.29, 0.717) is 26.4 Å². The molecule has 48 heavy (non-hydrogen) atoms. The number of rotatable bonds is 2. The van der Waals surface area contributed by atoms with Crippen molar-refractivity contribution in [3.05, 3.63) is 40.9 Å². The van der Waals surface area contributed by atoms with E-state index in [2.05, 4.69) is 15.9 Å². The van der Waals surface area contributed by atoms with Crippen molar-refractivity contribution in [1.29, 1.82) is 0 Å². The van der Waals surface area contributed by atoms with Crippen LogP contribution in [0.2, 0.25) is 0 Å². The average molecular weight is 731 g/mol. The molecule has 7 rings (SSSR count). The van der Waals surface area contributed by atoms with E-state index in [9.17, 15) is 0 Å². The second kappa shape index (κ2) is 13.3. The molecule has 0 aliphatic carbocycles. The normalized spacial score (nSPS) is 24.6. The molecule has 0 radical (unpaired) electrons. The van der Waals surface area contributed by atoms with Crippen LogP contribution in [0.25, 0.3) is 0 Å². The monoisotopic (exact) mass is 730 g/mol. The first-order valence-electron chi connectivity index (χ1n) is 16.7. The van der Waals surface area contributed by atoms with Gasteiger partial charge in [0.25, 0.3) is 0 Å². The molecule has 0 N–H and O–H groups in total. The van der Waals surface area contributed by atoms with Gasteiger partial charge in [0.05, 0.1) is 38.1 Å². The van der Waals surface area contributed by atoms with Crippen LogP contribution in [-0.4, -0.2) is 81.2 Å². The van der Waals surface area contributed by atoms with Gasteiger partial charge in [0, 0.05) is 5.46 Å². The van der Waals surface area contributed by atoms with Crippen LogP contribution in [0.5, 0.6) is 23.0 Å². The lowest BCUT2D eigenvalue weighted by molar-refractivity contribution is 0.00578. The van der Waals surface area contributed by atoms with Gasteiger partial charge in [0.15, 0.2) is 23.0 Å². The van der Waals surface area contributed by atoms with E-state index in [1.54, 1.807) is 0 Å². The van der Waals surface area contributed by atoms with Crippen molar-refractivity contribution < 1.29 is 46.9 Å². The van der Waals surface area contributed by atoms with Gasteiger partial charge in [-0.25, -0.2) is 0 Å². The van der Waals surface area contributed by atoms with Crippen LogP contribution in [0.4, 0.5) is 0 Å². The first-order chi connectivity index (χ1) is 22.2. The third-order valence-electron chi connectivity index (χ3n) is 10.4. The summed E-state index contributed by atoms with van der Waals surface area (Å²) in [6.07, 6.45) is 0. The van der Waals surface area contributed by atoms with Gasteiger partial charge in [-0.2, -0.15) is 0 Å². The highest BCUT2D eigenvalue weighted by atomic mass is 79.9. The summed E-state index contributed by atoms with van der Waals surface area (Å²) in [4.78, 5) is 0. The lowest BCUT2D eigenvalue weighted by Crippen LogP contribution is -2.41. The Morgan fingerprint density at radius 3 is 1.25 bits per heavy atom. The highest BCUT2D eigenvalue weighted by Gasteiger charge is 2.63. The molecule has 0 saturated carbocycles. The molecule has 3 fully saturated rings. The zero-order valence-electron chi connectivity index (χ0n) is 30.5. The molecule has 5 heterocycles. The van der Waals surface area contributed by atoms with Gasteiger partial charge in [-0.15, -0.1) is 0 Å². The maximum atomic E-state index is 6.06. The number of fused-ring (bicyclic) bond motifs is 2. The lowest BCUT2D eigenvalue weighted by Gasteiger charge is -2.32. The highest BCUT2D eigenvalue weighted by Crippen LogP contribution is 2.43. The summed E-state index contributed by atoms with van der Waals surface area (Å²) in [5, 5.41) is 0. The predicted molar refractivity (Wildman–Crippen MR) is 190 cm³/mol. The van der Waals surface area contributed by atoms with Crippen molar-refractivity contribution in [2.75, 3.05) is 26.4 Å². The molecule has 0 atom stereocenters. The molecular weight excluding hydrogens is 681 g/mol. The second-order valence-corrected chi connectivity index (χ2v) is 16.3. The van der Waals surface area contributed by atoms with Crippen molar-refractivity contribution in [3.8, 4) is 23.0 Å². The molecule has 262 valence electrons. The van der Waals surface area contributed by atoms with Gasteiger partial charge in [-0.05, 0) is 117 Å². The van der Waals surface area contributed by atoms with E-state index in [1.165, 1.54) is 0 Å². The van der Waals surface area contributed by atoms with Crippen molar-refractivity contribution >= 4 is 42.5 Å². The summed E-state index contributed by atoms with van der Waals surface area (Å²) in [7, 11) is -1.37. The summed E-state index contributed by atoms with van der Waals surface area (Å²) in [6.45, 7) is 26.8. The van der Waals surface area contributed by atoms with E-state index in [4.69, 9.17) is 46.9 Å². The highest BCUT2D eigenvalue weighted by molar-refractivity contribution is 9.10. The Morgan fingerprint density at radius 1 is 0.458 bits per heavy atom. The van der Waals surface area contributed by atoms with Crippen molar-refractivity contribution in [2.45, 2.75) is 117 Å². The quantitative estimate of drug-likeness (QED) is 0.332. The topological polar surface area (TPSA) is 92.3 Å². The fourth-order valence-electron chi connectivity index (χ4n) is 5.29. The molecule has 5 aliphatic rings. The van der Waals surface area contributed by atoms with E-state index >= 15 is 0 Å². The van der Waals surface area contributed by atoms with Gasteiger partial charge in [0.1, 0.15) is 26.4 Å². The van der Waals surface area contributed by atoms with Crippen LogP contribution in [0.15, 0.2) is 40.9 Å². The average Bonchev–Trinajstić information content (AvgIpc) is 3.47. The fraction of sp³-hybridized carbons (Fsp3) is 0.647. The Bertz CT molecular complexity index is 1380. The molecule has 10 nitrogen and oxygen atoms in total. The SMILES string of the molecule is Brc1cccc2c1OCCO2.CC1(C)OB(B2OC(C)(C)C(C)(C)O2)OC1(C)C.CC1(C)OB(c2cccc3c2OCCO3)OC1(C)C. The van der Waals surface area contributed by atoms with Crippen molar-refractivity contribution in [1.82, 2.24) is 0 Å². The van der Waals surface area contributed by atoms with Gasteiger partial charge >= 0.3 is 21.1 Å². The first kappa shape index (κ1) is 37.3. The molecule has 0 amide bonds. The summed E-state index contributed by atoms with van der Waals surface area (Å²) in [5.41, 5.74) is -1.24. The van der Waals surface area contributed by atoms with Crippen LogP contribution in [0.1, 0.15) is 83.1 Å². The van der Waals surface area contributed by atoms with E-state index < -0.39 is 21.1 Å². The Kier molecular flexibility index (Phi) is 10.4. The zero-order valence-corrected chi connectivity index (χ0v) is 32.1. The maximum absolute atomic E-state index is 6.06. The van der Waals surface area contributed by atoms with E-state index in [0.717, 1.165) is 32.9 Å². The largest absolute Gasteiger partial charge is 0.498 e. The minimum atomic E-state index is -0.476. The molecule has 0 aromatic heterocycles. The molecule has 2 aromatic carbocycles. The van der Waals surface area contributed by atoms with Crippen LogP contribution in [-0.2, 0) is 27.9 Å². The molecule has 0 spiro atoms. The first-order valence-corrected chi connectivity index (χ1v) is 17.5. The van der Waals surface area contributed by atoms with Crippen LogP contribution in [0, 0.1) is 0 Å². The van der Waals surface area contributed by atoms with Gasteiger partial charge in [-0.1, -0.05) is 18.2 Å². The minimum absolute atomic E-state index is 0.351. The van der Waals surface area contributed by atoms with Crippen molar-refractivity contribution in [2.24, 2.45) is 0 Å². The summed E-state index contributed by atoms with van der Waals surface area (Å²) in [6, 6.07) is 11.6. The second-order valence-electron chi connectivity index (χ2n) is 15.5. The lowest BCUT2D eigenvalue weighted by atomic mass is 9.49. The Balaban J connectivity index is 0.000000146. The predicted octanol–water partition coefficient (Wildman–Crippen LogP) is 6.23. The molecule has 5 aliphatic heterocycles. The van der Waals surface area contributed by atoms with E-state index in [1.807, 2.05) is 119 Å². The molecule has 0 unspecified atom stereocenters. The third kappa shape index (κ3) is 7.41. The van der Waals surface area contributed by atoms with Crippen LogP contribution >= 0.6 is 15.9 Å². The Morgan fingerprint density at radius 2 is 0.812 bits per heavy atom. The van der Waals surface area contributed by atoms with Gasteiger partial charge in [-0.3, -0.25) is 0 Å². The molecule has 2 aromatic rings. The third-order valence-corrected chi connectivity index (χ3v) is 11.0. The molecule has 14 heteroatoms. The number of halogens is 1. The standard InChI is InChI=1S/C14H19BO4.C12H24B2O4.C8H7BrO2/c1-13(2)14(3,4)19-15(18-13)10-6-5-7-11-12(10)17-9-8-16-11;1-9(2)10(3,4)16-13(15-9)14-17-11(5,6)12(7,8)18-14;9-6-2-1-3-7-8(6)11-5-4-10-7/h5-7H,8-9H2,1-4H3;1-8H3;1-3H,4-5H2. The minimum Gasteiger partial charge on any atom is -0.487 e.